The van der Waals surface area contributed by atoms with Gasteiger partial charge in [-0.15, -0.1) is 0 Å². The monoisotopic (exact) mass is 331 g/mol. The summed E-state index contributed by atoms with van der Waals surface area (Å²) in [7, 11) is 0. The molecule has 0 spiro atoms. The van der Waals surface area contributed by atoms with Crippen molar-refractivity contribution >= 4 is 15.9 Å². The molecule has 0 amide bonds. The van der Waals surface area contributed by atoms with Crippen LogP contribution in [-0.2, 0) is 0 Å². The Labute approximate surface area is 128 Å². The maximum Gasteiger partial charge on any atom is 0.119 e. The van der Waals surface area contributed by atoms with Gasteiger partial charge in [-0.05, 0) is 42.8 Å². The van der Waals surface area contributed by atoms with E-state index in [9.17, 15) is 0 Å². The number of nitrogens with one attached hydrogen (secondary N) is 1. The zero-order valence-electron chi connectivity index (χ0n) is 11.3. The zero-order valence-corrected chi connectivity index (χ0v) is 12.8. The van der Waals surface area contributed by atoms with E-state index in [0.29, 0.717) is 5.92 Å². The van der Waals surface area contributed by atoms with Crippen molar-refractivity contribution in [2.45, 2.75) is 18.4 Å². The molecular weight excluding hydrogens is 314 g/mol. The van der Waals surface area contributed by atoms with E-state index in [1.165, 1.54) is 5.56 Å². The first-order chi connectivity index (χ1) is 9.83. The topological polar surface area (TPSA) is 21.3 Å². The second-order valence-corrected chi connectivity index (χ2v) is 6.04. The lowest BCUT2D eigenvalue weighted by atomic mass is 9.89. The van der Waals surface area contributed by atoms with Gasteiger partial charge in [0.25, 0.3) is 0 Å². The van der Waals surface area contributed by atoms with Crippen molar-refractivity contribution in [2.24, 2.45) is 0 Å². The van der Waals surface area contributed by atoms with Gasteiger partial charge in [0.05, 0.1) is 0 Å². The smallest absolute Gasteiger partial charge is 0.119 e. The summed E-state index contributed by atoms with van der Waals surface area (Å²) in [5.41, 5.74) is 1.35. The third-order valence-electron chi connectivity index (χ3n) is 3.75. The minimum atomic E-state index is 0.236. The fourth-order valence-corrected chi connectivity index (χ4v) is 2.96. The van der Waals surface area contributed by atoms with Gasteiger partial charge in [-0.1, -0.05) is 46.3 Å². The predicted molar refractivity (Wildman–Crippen MR) is 85.2 cm³/mol. The number of ether oxygens (including phenoxy) is 1. The zero-order chi connectivity index (χ0) is 13.8. The molecule has 0 saturated carbocycles. The van der Waals surface area contributed by atoms with E-state index < -0.39 is 0 Å². The number of piperidine rings is 1. The molecule has 0 bridgehead atoms. The van der Waals surface area contributed by atoms with Crippen LogP contribution >= 0.6 is 15.9 Å². The van der Waals surface area contributed by atoms with Gasteiger partial charge in [0.2, 0.25) is 0 Å². The molecule has 3 rings (SSSR count). The van der Waals surface area contributed by atoms with E-state index in [1.807, 2.05) is 24.3 Å². The third-order valence-corrected chi connectivity index (χ3v) is 4.28. The van der Waals surface area contributed by atoms with Crippen LogP contribution in [0.15, 0.2) is 59.1 Å². The molecule has 104 valence electrons. The van der Waals surface area contributed by atoms with Crippen LogP contribution < -0.4 is 10.1 Å². The molecule has 1 fully saturated rings. The minimum absolute atomic E-state index is 0.236. The molecule has 20 heavy (non-hydrogen) atoms. The van der Waals surface area contributed by atoms with Gasteiger partial charge in [-0.25, -0.2) is 0 Å². The van der Waals surface area contributed by atoms with E-state index in [0.717, 1.165) is 29.7 Å². The number of rotatable bonds is 3. The van der Waals surface area contributed by atoms with Crippen LogP contribution in [0.1, 0.15) is 17.9 Å². The van der Waals surface area contributed by atoms with Crippen molar-refractivity contribution in [3.63, 3.8) is 0 Å². The van der Waals surface area contributed by atoms with Crippen molar-refractivity contribution in [3.8, 4) is 5.75 Å². The standard InChI is InChI=1S/C17H18BrNO/c18-14-6-8-15(9-7-14)20-17-10-11-19-12-16(17)13-4-2-1-3-5-13/h1-9,16-17,19H,10-12H2/t16-,17-/m1/s1. The number of halogens is 1. The molecule has 3 heteroatoms. The minimum Gasteiger partial charge on any atom is -0.490 e. The van der Waals surface area contributed by atoms with Gasteiger partial charge in [0.15, 0.2) is 0 Å². The van der Waals surface area contributed by atoms with Crippen LogP contribution in [-0.4, -0.2) is 19.2 Å². The summed E-state index contributed by atoms with van der Waals surface area (Å²) in [6.07, 6.45) is 1.27. The quantitative estimate of drug-likeness (QED) is 0.918. The Bertz CT molecular complexity index is 541. The van der Waals surface area contributed by atoms with Crippen molar-refractivity contribution in [3.05, 3.63) is 64.6 Å². The van der Waals surface area contributed by atoms with Crippen LogP contribution in [0.2, 0.25) is 0 Å². The SMILES string of the molecule is Brc1ccc(O[C@@H]2CCNC[C@@H]2c2ccccc2)cc1. The number of hydrogen-bond donors (Lipinski definition) is 1. The average Bonchev–Trinajstić information content (AvgIpc) is 2.51. The van der Waals surface area contributed by atoms with Gasteiger partial charge >= 0.3 is 0 Å². The van der Waals surface area contributed by atoms with E-state index in [2.05, 4.69) is 51.6 Å². The first-order valence-electron chi connectivity index (χ1n) is 7.01. The molecule has 0 radical (unpaired) electrons. The van der Waals surface area contributed by atoms with Gasteiger partial charge in [0.1, 0.15) is 11.9 Å². The molecular formula is C17H18BrNO. The lowest BCUT2D eigenvalue weighted by molar-refractivity contribution is 0.138. The van der Waals surface area contributed by atoms with E-state index >= 15 is 0 Å². The fourth-order valence-electron chi connectivity index (χ4n) is 2.70. The fraction of sp³-hybridized carbons (Fsp3) is 0.294. The number of hydrogen-bond acceptors (Lipinski definition) is 2. The predicted octanol–water partition coefficient (Wildman–Crippen LogP) is 3.97. The van der Waals surface area contributed by atoms with Gasteiger partial charge < -0.3 is 10.1 Å². The average molecular weight is 332 g/mol. The second kappa shape index (κ2) is 6.42. The highest BCUT2D eigenvalue weighted by atomic mass is 79.9. The van der Waals surface area contributed by atoms with Gasteiger partial charge in [-0.2, -0.15) is 0 Å². The molecule has 2 atom stereocenters. The normalized spacial score (nSPS) is 22.4. The molecule has 1 saturated heterocycles. The van der Waals surface area contributed by atoms with E-state index in [1.54, 1.807) is 0 Å². The Morgan fingerprint density at radius 2 is 1.75 bits per heavy atom. The summed E-state index contributed by atoms with van der Waals surface area (Å²) in [6.45, 7) is 2.00. The molecule has 0 aromatic heterocycles. The van der Waals surface area contributed by atoms with E-state index in [4.69, 9.17) is 4.74 Å². The highest BCUT2D eigenvalue weighted by Gasteiger charge is 2.27. The lowest BCUT2D eigenvalue weighted by Crippen LogP contribution is -2.41. The van der Waals surface area contributed by atoms with Crippen LogP contribution in [0.3, 0.4) is 0 Å². The first-order valence-corrected chi connectivity index (χ1v) is 7.80. The molecule has 2 aromatic rings. The van der Waals surface area contributed by atoms with Crippen molar-refractivity contribution < 1.29 is 4.74 Å². The molecule has 2 nitrogen and oxygen atoms in total. The Morgan fingerprint density at radius 3 is 2.50 bits per heavy atom. The maximum absolute atomic E-state index is 6.22. The molecule has 1 N–H and O–H groups in total. The molecule has 0 aliphatic carbocycles. The van der Waals surface area contributed by atoms with Crippen LogP contribution in [0, 0.1) is 0 Å². The molecule has 0 unspecified atom stereocenters. The van der Waals surface area contributed by atoms with Crippen LogP contribution in [0.4, 0.5) is 0 Å². The third kappa shape index (κ3) is 3.22. The highest BCUT2D eigenvalue weighted by molar-refractivity contribution is 9.10. The lowest BCUT2D eigenvalue weighted by Gasteiger charge is -2.33. The summed E-state index contributed by atoms with van der Waals surface area (Å²) >= 11 is 3.45. The molecule has 2 aromatic carbocycles. The Kier molecular flexibility index (Phi) is 4.38. The Morgan fingerprint density at radius 1 is 1.00 bits per heavy atom. The van der Waals surface area contributed by atoms with Crippen molar-refractivity contribution in [2.75, 3.05) is 13.1 Å². The van der Waals surface area contributed by atoms with Crippen LogP contribution in [0.25, 0.3) is 0 Å². The van der Waals surface area contributed by atoms with Gasteiger partial charge in [-0.3, -0.25) is 0 Å². The Hall–Kier alpha value is -1.32. The second-order valence-electron chi connectivity index (χ2n) is 5.12. The Balaban J connectivity index is 1.77. The largest absolute Gasteiger partial charge is 0.490 e. The highest BCUT2D eigenvalue weighted by Crippen LogP contribution is 2.28. The maximum atomic E-state index is 6.22. The van der Waals surface area contributed by atoms with Gasteiger partial charge in [0, 0.05) is 16.9 Å². The van der Waals surface area contributed by atoms with Crippen molar-refractivity contribution in [1.82, 2.24) is 5.32 Å². The molecule has 1 aliphatic rings. The van der Waals surface area contributed by atoms with Crippen molar-refractivity contribution in [1.29, 1.82) is 0 Å². The van der Waals surface area contributed by atoms with E-state index in [-0.39, 0.29) is 6.10 Å². The first kappa shape index (κ1) is 13.7. The summed E-state index contributed by atoms with van der Waals surface area (Å²) in [5, 5.41) is 3.47. The summed E-state index contributed by atoms with van der Waals surface area (Å²) < 4.78 is 7.29. The van der Waals surface area contributed by atoms with Crippen LogP contribution in [0.5, 0.6) is 5.75 Å². The molecule has 1 heterocycles. The summed E-state index contributed by atoms with van der Waals surface area (Å²) in [5.74, 6) is 1.36. The summed E-state index contributed by atoms with van der Waals surface area (Å²) in [4.78, 5) is 0. The summed E-state index contributed by atoms with van der Waals surface area (Å²) in [6, 6.07) is 18.7. The molecule has 1 aliphatic heterocycles. The number of benzene rings is 2.